The number of rotatable bonds is 4. The van der Waals surface area contributed by atoms with Gasteiger partial charge in [0.15, 0.2) is 0 Å². The van der Waals surface area contributed by atoms with Crippen LogP contribution in [0, 0.1) is 5.92 Å². The first-order chi connectivity index (χ1) is 13.5. The molecule has 0 unspecified atom stereocenters. The molecule has 4 rings (SSSR count). The molecule has 3 atom stereocenters. The Morgan fingerprint density at radius 2 is 2.07 bits per heavy atom. The summed E-state index contributed by atoms with van der Waals surface area (Å²) in [6, 6.07) is 10.1. The Bertz CT molecular complexity index is 838. The summed E-state index contributed by atoms with van der Waals surface area (Å²) in [6.07, 6.45) is 4.41. The number of carbonyl (C=O) groups excluding carboxylic acids is 2. The lowest BCUT2D eigenvalue weighted by Gasteiger charge is -2.44. The molecule has 0 radical (unpaired) electrons. The van der Waals surface area contributed by atoms with Crippen molar-refractivity contribution in [1.82, 2.24) is 25.1 Å². The van der Waals surface area contributed by atoms with Crippen LogP contribution < -0.4 is 5.32 Å². The molecule has 2 N–H and O–H groups in total. The van der Waals surface area contributed by atoms with E-state index in [1.165, 1.54) is 0 Å². The van der Waals surface area contributed by atoms with Crippen LogP contribution in [-0.4, -0.2) is 56.8 Å². The highest BCUT2D eigenvalue weighted by atomic mass is 16.2. The summed E-state index contributed by atoms with van der Waals surface area (Å²) < 4.78 is 0. The van der Waals surface area contributed by atoms with Crippen molar-refractivity contribution in [3.63, 3.8) is 0 Å². The normalized spacial score (nSPS) is 27.4. The number of likely N-dealkylation sites (tertiary alicyclic amines) is 2. The molecule has 2 aliphatic rings. The van der Waals surface area contributed by atoms with Crippen molar-refractivity contribution in [1.29, 1.82) is 0 Å². The third-order valence-corrected chi connectivity index (χ3v) is 6.11. The number of nitrogens with zero attached hydrogens (tertiary/aromatic N) is 3. The number of aromatic amines is 1. The van der Waals surface area contributed by atoms with Gasteiger partial charge in [-0.25, -0.2) is 4.98 Å². The first-order valence-corrected chi connectivity index (χ1v) is 9.80. The summed E-state index contributed by atoms with van der Waals surface area (Å²) in [6.45, 7) is 6.13. The highest BCUT2D eigenvalue weighted by Crippen LogP contribution is 2.47. The van der Waals surface area contributed by atoms with Crippen LogP contribution in [0.25, 0.3) is 0 Å². The summed E-state index contributed by atoms with van der Waals surface area (Å²) in [5.74, 6) is 1.06. The van der Waals surface area contributed by atoms with E-state index in [0.717, 1.165) is 37.4 Å². The molecule has 2 saturated heterocycles. The zero-order valence-corrected chi connectivity index (χ0v) is 16.4. The fraction of sp³-hybridized carbons (Fsp3) is 0.476. The van der Waals surface area contributed by atoms with Crippen LogP contribution in [0.15, 0.2) is 42.7 Å². The maximum absolute atomic E-state index is 12.5. The van der Waals surface area contributed by atoms with Gasteiger partial charge in [-0.1, -0.05) is 30.3 Å². The van der Waals surface area contributed by atoms with E-state index < -0.39 is 5.54 Å². The molecular weight excluding hydrogens is 354 g/mol. The van der Waals surface area contributed by atoms with Gasteiger partial charge in [-0.05, 0) is 12.0 Å². The highest BCUT2D eigenvalue weighted by molar-refractivity contribution is 5.77. The van der Waals surface area contributed by atoms with Crippen molar-refractivity contribution in [2.75, 3.05) is 19.6 Å². The second-order valence-electron chi connectivity index (χ2n) is 7.97. The lowest BCUT2D eigenvalue weighted by Crippen LogP contribution is -2.60. The van der Waals surface area contributed by atoms with Crippen LogP contribution in [0.2, 0.25) is 0 Å². The van der Waals surface area contributed by atoms with E-state index in [1.807, 2.05) is 29.3 Å². The van der Waals surface area contributed by atoms with Gasteiger partial charge >= 0.3 is 0 Å². The van der Waals surface area contributed by atoms with E-state index in [1.54, 1.807) is 20.0 Å². The van der Waals surface area contributed by atoms with E-state index in [2.05, 4.69) is 32.3 Å². The summed E-state index contributed by atoms with van der Waals surface area (Å²) in [5.41, 5.74) is 0.729. The number of aromatic nitrogens is 2. The number of fused-ring (bicyclic) bond motifs is 1. The van der Waals surface area contributed by atoms with Crippen molar-refractivity contribution in [3.8, 4) is 0 Å². The molecule has 2 aliphatic heterocycles. The van der Waals surface area contributed by atoms with Crippen molar-refractivity contribution < 1.29 is 9.59 Å². The summed E-state index contributed by atoms with van der Waals surface area (Å²) in [5, 5.41) is 3.24. The van der Waals surface area contributed by atoms with Gasteiger partial charge in [-0.15, -0.1) is 0 Å². The number of hydrogen-bond donors (Lipinski definition) is 2. The molecular formula is C21H27N5O2. The zero-order valence-electron chi connectivity index (χ0n) is 16.4. The maximum Gasteiger partial charge on any atom is 0.220 e. The number of carbonyl (C=O) groups is 2. The minimum absolute atomic E-state index is 0.0401. The molecule has 2 aromatic rings. The van der Waals surface area contributed by atoms with Crippen molar-refractivity contribution in [2.24, 2.45) is 5.92 Å². The summed E-state index contributed by atoms with van der Waals surface area (Å²) >= 11 is 0. The summed E-state index contributed by atoms with van der Waals surface area (Å²) in [7, 11) is 0. The van der Waals surface area contributed by atoms with Gasteiger partial charge in [-0.2, -0.15) is 0 Å². The smallest absolute Gasteiger partial charge is 0.220 e. The minimum atomic E-state index is -0.391. The Morgan fingerprint density at radius 3 is 2.71 bits per heavy atom. The average Bonchev–Trinajstić information content (AvgIpc) is 3.28. The average molecular weight is 381 g/mol. The second kappa shape index (κ2) is 7.39. The summed E-state index contributed by atoms with van der Waals surface area (Å²) in [4.78, 5) is 36.4. The standard InChI is InChI=1S/C21H27N5O2/c1-15(27)24-21-8-11-25(13-19-22-9-10-23-19)12-18(21)20(26(14-21)16(2)28)17-6-4-3-5-7-17/h3-7,9-10,18,20H,8,11-14H2,1-2H3,(H,22,23)(H,24,27)/t18-,20-,21-/m1/s1. The molecule has 0 bridgehead atoms. The maximum atomic E-state index is 12.5. The number of hydrogen-bond acceptors (Lipinski definition) is 4. The fourth-order valence-corrected chi connectivity index (χ4v) is 4.96. The topological polar surface area (TPSA) is 81.3 Å². The Morgan fingerprint density at radius 1 is 1.29 bits per heavy atom. The van der Waals surface area contributed by atoms with Gasteiger partial charge in [0, 0.05) is 51.8 Å². The monoisotopic (exact) mass is 381 g/mol. The van der Waals surface area contributed by atoms with Gasteiger partial charge in [0.25, 0.3) is 0 Å². The molecule has 1 aromatic carbocycles. The molecule has 0 saturated carbocycles. The van der Waals surface area contributed by atoms with Crippen molar-refractivity contribution >= 4 is 11.8 Å². The SMILES string of the molecule is CC(=O)N[C@@]12CCN(Cc3ncc[nH]3)C[C@@H]1[C@@H](c1ccccc1)N(C(C)=O)C2. The van der Waals surface area contributed by atoms with E-state index in [-0.39, 0.29) is 23.8 Å². The molecule has 1 aromatic heterocycles. The molecule has 2 fully saturated rings. The van der Waals surface area contributed by atoms with E-state index in [9.17, 15) is 9.59 Å². The molecule has 7 nitrogen and oxygen atoms in total. The lowest BCUT2D eigenvalue weighted by atomic mass is 9.75. The molecule has 3 heterocycles. The highest BCUT2D eigenvalue weighted by Gasteiger charge is 2.56. The van der Waals surface area contributed by atoms with Gasteiger partial charge in [0.1, 0.15) is 5.82 Å². The molecule has 0 aliphatic carbocycles. The first-order valence-electron chi connectivity index (χ1n) is 9.80. The Balaban J connectivity index is 1.69. The van der Waals surface area contributed by atoms with Gasteiger partial charge in [-0.3, -0.25) is 14.5 Å². The lowest BCUT2D eigenvalue weighted by molar-refractivity contribution is -0.130. The van der Waals surface area contributed by atoms with Crippen molar-refractivity contribution in [2.45, 2.75) is 38.4 Å². The molecule has 0 spiro atoms. The van der Waals surface area contributed by atoms with Crippen LogP contribution in [0.3, 0.4) is 0 Å². The van der Waals surface area contributed by atoms with Gasteiger partial charge < -0.3 is 15.2 Å². The Labute approximate surface area is 165 Å². The van der Waals surface area contributed by atoms with Gasteiger partial charge in [0.2, 0.25) is 11.8 Å². The minimum Gasteiger partial charge on any atom is -0.349 e. The van der Waals surface area contributed by atoms with Crippen molar-refractivity contribution in [3.05, 3.63) is 54.1 Å². The van der Waals surface area contributed by atoms with Crippen LogP contribution in [-0.2, 0) is 16.1 Å². The number of amides is 2. The largest absolute Gasteiger partial charge is 0.349 e. The van der Waals surface area contributed by atoms with Gasteiger partial charge in [0.05, 0.1) is 18.1 Å². The first kappa shape index (κ1) is 18.7. The fourth-order valence-electron chi connectivity index (χ4n) is 4.96. The number of imidazole rings is 1. The third kappa shape index (κ3) is 3.42. The van der Waals surface area contributed by atoms with Crippen LogP contribution in [0.5, 0.6) is 0 Å². The predicted octanol–water partition coefficient (Wildman–Crippen LogP) is 1.71. The molecule has 28 heavy (non-hydrogen) atoms. The van der Waals surface area contributed by atoms with E-state index in [0.29, 0.717) is 6.54 Å². The van der Waals surface area contributed by atoms with Crippen LogP contribution in [0.4, 0.5) is 0 Å². The van der Waals surface area contributed by atoms with Crippen LogP contribution >= 0.6 is 0 Å². The van der Waals surface area contributed by atoms with E-state index >= 15 is 0 Å². The molecule has 148 valence electrons. The number of piperidine rings is 1. The Kier molecular flexibility index (Phi) is 4.93. The van der Waals surface area contributed by atoms with E-state index in [4.69, 9.17) is 0 Å². The number of nitrogens with one attached hydrogen (secondary N) is 2. The molecule has 7 heteroatoms. The number of H-pyrrole nitrogens is 1. The zero-order chi connectivity index (χ0) is 19.7. The predicted molar refractivity (Wildman–Crippen MR) is 105 cm³/mol. The van der Waals surface area contributed by atoms with Crippen LogP contribution in [0.1, 0.15) is 37.7 Å². The quantitative estimate of drug-likeness (QED) is 0.845. The second-order valence-corrected chi connectivity index (χ2v) is 7.97. The molecule has 2 amide bonds. The Hall–Kier alpha value is -2.67. The number of benzene rings is 1. The third-order valence-electron chi connectivity index (χ3n) is 6.11.